The van der Waals surface area contributed by atoms with Crippen molar-refractivity contribution in [1.29, 1.82) is 5.26 Å². The van der Waals surface area contributed by atoms with Crippen LogP contribution in [0.15, 0.2) is 54.6 Å². The van der Waals surface area contributed by atoms with Crippen LogP contribution in [-0.4, -0.2) is 18.7 Å². The first kappa shape index (κ1) is 16.1. The zero-order valence-corrected chi connectivity index (χ0v) is 11.7. The standard InChI is InChI=1S/C10H8N2O2.C7H8/c11-7-8-1-3-9(4-2-8)10(14)12-5-6-13;1-7-5-3-2-4-6-7/h1-4,6H,5H2,(H,12,14);2-6H,1H3. The lowest BCUT2D eigenvalue weighted by molar-refractivity contribution is -0.107. The maximum absolute atomic E-state index is 11.3. The van der Waals surface area contributed by atoms with Crippen LogP contribution in [0.4, 0.5) is 0 Å². The molecule has 0 aromatic heterocycles. The number of rotatable bonds is 3. The molecule has 2 aromatic rings. The largest absolute Gasteiger partial charge is 0.345 e. The van der Waals surface area contributed by atoms with Gasteiger partial charge in [-0.25, -0.2) is 0 Å². The maximum atomic E-state index is 11.3. The Bertz CT molecular complexity index is 613. The van der Waals surface area contributed by atoms with Gasteiger partial charge in [0.15, 0.2) is 0 Å². The van der Waals surface area contributed by atoms with E-state index in [1.54, 1.807) is 24.3 Å². The van der Waals surface area contributed by atoms with Crippen molar-refractivity contribution in [2.24, 2.45) is 0 Å². The summed E-state index contributed by atoms with van der Waals surface area (Å²) in [5.41, 5.74) is 2.25. The number of amides is 1. The first-order valence-corrected chi connectivity index (χ1v) is 6.41. The van der Waals surface area contributed by atoms with E-state index >= 15 is 0 Å². The molecule has 4 heteroatoms. The highest BCUT2D eigenvalue weighted by Crippen LogP contribution is 2.02. The Balaban J connectivity index is 0.000000262. The van der Waals surface area contributed by atoms with Crippen molar-refractivity contribution in [2.45, 2.75) is 6.92 Å². The van der Waals surface area contributed by atoms with Crippen LogP contribution in [0.25, 0.3) is 0 Å². The normalized spacial score (nSPS) is 8.76. The van der Waals surface area contributed by atoms with Crippen LogP contribution >= 0.6 is 0 Å². The number of hydrogen-bond acceptors (Lipinski definition) is 3. The lowest BCUT2D eigenvalue weighted by Crippen LogP contribution is -2.24. The molecule has 0 saturated heterocycles. The molecule has 0 saturated carbocycles. The Morgan fingerprint density at radius 3 is 2.19 bits per heavy atom. The highest BCUT2D eigenvalue weighted by molar-refractivity contribution is 5.95. The van der Waals surface area contributed by atoms with Crippen LogP contribution in [-0.2, 0) is 4.79 Å². The SMILES string of the molecule is Cc1ccccc1.N#Cc1ccc(C(=O)NCC=O)cc1. The van der Waals surface area contributed by atoms with Gasteiger partial charge in [-0.3, -0.25) is 4.79 Å². The van der Waals surface area contributed by atoms with Crippen molar-refractivity contribution >= 4 is 12.2 Å². The first-order chi connectivity index (χ1) is 10.2. The summed E-state index contributed by atoms with van der Waals surface area (Å²) in [5.74, 6) is -0.318. The van der Waals surface area contributed by atoms with Crippen molar-refractivity contribution in [3.63, 3.8) is 0 Å². The second-order valence-electron chi connectivity index (χ2n) is 4.22. The molecule has 0 aliphatic rings. The molecule has 2 aromatic carbocycles. The summed E-state index contributed by atoms with van der Waals surface area (Å²) in [6, 6.07) is 18.4. The van der Waals surface area contributed by atoms with Crippen molar-refractivity contribution in [1.82, 2.24) is 5.32 Å². The second-order valence-corrected chi connectivity index (χ2v) is 4.22. The molecule has 0 unspecified atom stereocenters. The van der Waals surface area contributed by atoms with Gasteiger partial charge in [-0.1, -0.05) is 35.9 Å². The highest BCUT2D eigenvalue weighted by Gasteiger charge is 2.03. The molecule has 0 atom stereocenters. The van der Waals surface area contributed by atoms with Gasteiger partial charge in [-0.05, 0) is 31.2 Å². The van der Waals surface area contributed by atoms with E-state index in [4.69, 9.17) is 5.26 Å². The van der Waals surface area contributed by atoms with Crippen LogP contribution in [0.5, 0.6) is 0 Å². The first-order valence-electron chi connectivity index (χ1n) is 6.41. The highest BCUT2D eigenvalue weighted by atomic mass is 16.2. The number of nitrogens with zero attached hydrogens (tertiary/aromatic N) is 1. The average molecular weight is 280 g/mol. The van der Waals surface area contributed by atoms with Crippen LogP contribution in [0.3, 0.4) is 0 Å². The van der Waals surface area contributed by atoms with Crippen LogP contribution < -0.4 is 5.32 Å². The van der Waals surface area contributed by atoms with Gasteiger partial charge in [-0.15, -0.1) is 0 Å². The number of carbonyl (C=O) groups is 2. The smallest absolute Gasteiger partial charge is 0.251 e. The summed E-state index contributed by atoms with van der Waals surface area (Å²) in [6.45, 7) is 2.08. The van der Waals surface area contributed by atoms with E-state index in [2.05, 4.69) is 24.4 Å². The van der Waals surface area contributed by atoms with E-state index in [0.717, 1.165) is 0 Å². The van der Waals surface area contributed by atoms with Crippen molar-refractivity contribution < 1.29 is 9.59 Å². The van der Waals surface area contributed by atoms with E-state index in [0.29, 0.717) is 17.4 Å². The number of aryl methyl sites for hydroxylation is 1. The molecule has 0 radical (unpaired) electrons. The van der Waals surface area contributed by atoms with Gasteiger partial charge in [0.1, 0.15) is 6.29 Å². The van der Waals surface area contributed by atoms with Gasteiger partial charge in [-0.2, -0.15) is 5.26 Å². The second kappa shape index (κ2) is 9.05. The molecule has 0 fully saturated rings. The van der Waals surface area contributed by atoms with Crippen molar-refractivity contribution in [3.8, 4) is 6.07 Å². The van der Waals surface area contributed by atoms with Crippen molar-refractivity contribution in [2.75, 3.05) is 6.54 Å². The quantitative estimate of drug-likeness (QED) is 0.878. The lowest BCUT2D eigenvalue weighted by Gasteiger charge is -2.00. The third-order valence-electron chi connectivity index (χ3n) is 2.56. The molecule has 0 aliphatic heterocycles. The molecule has 0 aliphatic carbocycles. The van der Waals surface area contributed by atoms with Gasteiger partial charge in [0.05, 0.1) is 18.2 Å². The zero-order chi connectivity index (χ0) is 15.5. The van der Waals surface area contributed by atoms with Gasteiger partial charge in [0.2, 0.25) is 0 Å². The Kier molecular flexibility index (Phi) is 6.95. The van der Waals surface area contributed by atoms with Gasteiger partial charge < -0.3 is 10.1 Å². The number of aldehydes is 1. The lowest BCUT2D eigenvalue weighted by atomic mass is 10.1. The Morgan fingerprint density at radius 2 is 1.76 bits per heavy atom. The fourth-order valence-electron chi connectivity index (χ4n) is 1.47. The van der Waals surface area contributed by atoms with E-state index in [1.807, 2.05) is 24.3 Å². The molecule has 21 heavy (non-hydrogen) atoms. The molecule has 2 rings (SSSR count). The van der Waals surface area contributed by atoms with E-state index in [9.17, 15) is 9.59 Å². The molecule has 1 N–H and O–H groups in total. The van der Waals surface area contributed by atoms with E-state index in [1.165, 1.54) is 5.56 Å². The van der Waals surface area contributed by atoms with Gasteiger partial charge in [0, 0.05) is 5.56 Å². The minimum atomic E-state index is -0.318. The number of carbonyl (C=O) groups excluding carboxylic acids is 2. The predicted octanol–water partition coefficient (Wildman–Crippen LogP) is 2.48. The Morgan fingerprint density at radius 1 is 1.14 bits per heavy atom. The van der Waals surface area contributed by atoms with E-state index in [-0.39, 0.29) is 12.5 Å². The number of hydrogen-bond donors (Lipinski definition) is 1. The third-order valence-corrected chi connectivity index (χ3v) is 2.56. The molecule has 1 amide bonds. The van der Waals surface area contributed by atoms with Gasteiger partial charge in [0.25, 0.3) is 5.91 Å². The van der Waals surface area contributed by atoms with Crippen LogP contribution in [0.1, 0.15) is 21.5 Å². The summed E-state index contributed by atoms with van der Waals surface area (Å²) >= 11 is 0. The van der Waals surface area contributed by atoms with E-state index < -0.39 is 0 Å². The van der Waals surface area contributed by atoms with Crippen LogP contribution in [0.2, 0.25) is 0 Å². The minimum Gasteiger partial charge on any atom is -0.345 e. The third kappa shape index (κ3) is 6.17. The molecule has 0 bridgehead atoms. The summed E-state index contributed by atoms with van der Waals surface area (Å²) in [7, 11) is 0. The molecular formula is C17H16N2O2. The Hall–Kier alpha value is -2.93. The average Bonchev–Trinajstić information content (AvgIpc) is 2.54. The monoisotopic (exact) mass is 280 g/mol. The summed E-state index contributed by atoms with van der Waals surface area (Å²) in [4.78, 5) is 21.2. The summed E-state index contributed by atoms with van der Waals surface area (Å²) in [5, 5.41) is 10.9. The molecular weight excluding hydrogens is 264 g/mol. The predicted molar refractivity (Wildman–Crippen MR) is 80.7 cm³/mol. The summed E-state index contributed by atoms with van der Waals surface area (Å²) in [6.07, 6.45) is 0.613. The zero-order valence-electron chi connectivity index (χ0n) is 11.7. The fourth-order valence-corrected chi connectivity index (χ4v) is 1.47. The molecule has 0 spiro atoms. The van der Waals surface area contributed by atoms with Crippen LogP contribution in [0, 0.1) is 18.3 Å². The van der Waals surface area contributed by atoms with Gasteiger partial charge >= 0.3 is 0 Å². The summed E-state index contributed by atoms with van der Waals surface area (Å²) < 4.78 is 0. The molecule has 106 valence electrons. The fraction of sp³-hybridized carbons (Fsp3) is 0.118. The number of nitriles is 1. The maximum Gasteiger partial charge on any atom is 0.251 e. The number of benzene rings is 2. The molecule has 0 heterocycles. The topological polar surface area (TPSA) is 70.0 Å². The number of nitrogens with one attached hydrogen (secondary N) is 1. The molecule has 4 nitrogen and oxygen atoms in total. The Labute approximate surface area is 124 Å². The van der Waals surface area contributed by atoms with Crippen molar-refractivity contribution in [3.05, 3.63) is 71.3 Å². The minimum absolute atomic E-state index is 0.00116.